The Morgan fingerprint density at radius 1 is 1.00 bits per heavy atom. The molecule has 3 heteroatoms. The van der Waals surface area contributed by atoms with E-state index in [4.69, 9.17) is 0 Å². The molecule has 2 atom stereocenters. The summed E-state index contributed by atoms with van der Waals surface area (Å²) in [6.07, 6.45) is 4.13. The molecule has 0 aromatic heterocycles. The number of benzene rings is 2. The van der Waals surface area contributed by atoms with Crippen molar-refractivity contribution in [2.45, 2.75) is 31.7 Å². The maximum atomic E-state index is 13.1. The number of nitrogens with one attached hydrogen (secondary N) is 1. The molecule has 2 aromatic rings. The van der Waals surface area contributed by atoms with Gasteiger partial charge in [-0.25, -0.2) is 0 Å². The molecule has 1 amide bonds. The summed E-state index contributed by atoms with van der Waals surface area (Å²) in [6, 6.07) is 18.9. The van der Waals surface area contributed by atoms with E-state index in [2.05, 4.69) is 41.7 Å². The zero-order valence-corrected chi connectivity index (χ0v) is 13.2. The molecule has 0 bridgehead atoms. The zero-order chi connectivity index (χ0) is 15.6. The van der Waals surface area contributed by atoms with E-state index >= 15 is 0 Å². The van der Waals surface area contributed by atoms with Crippen molar-refractivity contribution in [3.05, 3.63) is 60.2 Å². The normalized spacial score (nSPS) is 23.0. The number of hydrogen-bond acceptors (Lipinski definition) is 2. The van der Waals surface area contributed by atoms with Crippen LogP contribution in [0, 0.1) is 5.92 Å². The molecular formula is C20H22N2O. The minimum absolute atomic E-state index is 0.123. The average Bonchev–Trinajstić information content (AvgIpc) is 3.01. The van der Waals surface area contributed by atoms with Crippen molar-refractivity contribution < 1.29 is 4.79 Å². The first kappa shape index (κ1) is 14.3. The van der Waals surface area contributed by atoms with Crippen LogP contribution in [0.2, 0.25) is 0 Å². The first-order valence-electron chi connectivity index (χ1n) is 8.54. The van der Waals surface area contributed by atoms with Gasteiger partial charge in [0.25, 0.3) is 0 Å². The lowest BCUT2D eigenvalue weighted by molar-refractivity contribution is -0.122. The second-order valence-electron chi connectivity index (χ2n) is 6.53. The number of carbonyl (C=O) groups is 1. The molecule has 0 saturated heterocycles. The number of amides is 1. The van der Waals surface area contributed by atoms with Crippen molar-refractivity contribution in [2.75, 3.05) is 16.8 Å². The predicted octanol–water partition coefficient (Wildman–Crippen LogP) is 3.86. The highest BCUT2D eigenvalue weighted by Crippen LogP contribution is 2.38. The summed E-state index contributed by atoms with van der Waals surface area (Å²) in [6.45, 7) is 0.741. The fourth-order valence-corrected chi connectivity index (χ4v) is 3.89. The van der Waals surface area contributed by atoms with E-state index in [1.54, 1.807) is 0 Å². The van der Waals surface area contributed by atoms with E-state index in [9.17, 15) is 4.79 Å². The minimum Gasteiger partial charge on any atom is -0.380 e. The van der Waals surface area contributed by atoms with Crippen LogP contribution in [0.5, 0.6) is 0 Å². The van der Waals surface area contributed by atoms with Gasteiger partial charge >= 0.3 is 0 Å². The zero-order valence-electron chi connectivity index (χ0n) is 13.2. The van der Waals surface area contributed by atoms with Crippen LogP contribution in [0.25, 0.3) is 0 Å². The summed E-state index contributed by atoms with van der Waals surface area (Å²) in [5, 5.41) is 3.62. The van der Waals surface area contributed by atoms with Crippen molar-refractivity contribution >= 4 is 17.3 Å². The molecule has 0 unspecified atom stereocenters. The fraction of sp³-hybridized carbons (Fsp3) is 0.350. The molecule has 1 aliphatic heterocycles. The maximum Gasteiger partial charge on any atom is 0.232 e. The molecule has 1 aliphatic carbocycles. The van der Waals surface area contributed by atoms with Crippen molar-refractivity contribution in [2.24, 2.45) is 5.92 Å². The molecule has 118 valence electrons. The van der Waals surface area contributed by atoms with Crippen LogP contribution in [0.4, 0.5) is 11.4 Å². The molecule has 2 aromatic carbocycles. The quantitative estimate of drug-likeness (QED) is 0.934. The van der Waals surface area contributed by atoms with Crippen molar-refractivity contribution in [1.29, 1.82) is 0 Å². The predicted molar refractivity (Wildman–Crippen MR) is 93.7 cm³/mol. The molecule has 1 N–H and O–H groups in total. The van der Waals surface area contributed by atoms with E-state index in [-0.39, 0.29) is 5.92 Å². The SMILES string of the molecule is O=C1[C@H]2CCC[C@H]2Nc2ccccc2N1CCc1ccccc1. The molecule has 4 rings (SSSR count). The van der Waals surface area contributed by atoms with Gasteiger partial charge in [-0.2, -0.15) is 0 Å². The van der Waals surface area contributed by atoms with Gasteiger partial charge in [0.05, 0.1) is 17.3 Å². The van der Waals surface area contributed by atoms with Crippen molar-refractivity contribution in [3.63, 3.8) is 0 Å². The van der Waals surface area contributed by atoms with Gasteiger partial charge in [-0.05, 0) is 37.0 Å². The van der Waals surface area contributed by atoms with Crippen LogP contribution in [0.3, 0.4) is 0 Å². The first-order chi connectivity index (χ1) is 11.3. The summed E-state index contributed by atoms with van der Waals surface area (Å²) in [5.74, 6) is 0.416. The molecule has 1 saturated carbocycles. The van der Waals surface area contributed by atoms with Gasteiger partial charge in [0.15, 0.2) is 0 Å². The highest BCUT2D eigenvalue weighted by molar-refractivity contribution is 6.00. The summed E-state index contributed by atoms with van der Waals surface area (Å²) < 4.78 is 0. The summed E-state index contributed by atoms with van der Waals surface area (Å²) in [5.41, 5.74) is 3.41. The second-order valence-corrected chi connectivity index (χ2v) is 6.53. The molecular weight excluding hydrogens is 284 g/mol. The maximum absolute atomic E-state index is 13.1. The summed E-state index contributed by atoms with van der Waals surface area (Å²) in [7, 11) is 0. The molecule has 1 heterocycles. The lowest BCUT2D eigenvalue weighted by Crippen LogP contribution is -2.39. The van der Waals surface area contributed by atoms with Gasteiger partial charge in [-0.1, -0.05) is 48.9 Å². The highest BCUT2D eigenvalue weighted by Gasteiger charge is 2.39. The van der Waals surface area contributed by atoms with Gasteiger partial charge in [-0.15, -0.1) is 0 Å². The van der Waals surface area contributed by atoms with Crippen LogP contribution in [0.1, 0.15) is 24.8 Å². The molecule has 1 fully saturated rings. The smallest absolute Gasteiger partial charge is 0.232 e. The number of rotatable bonds is 3. The van der Waals surface area contributed by atoms with Crippen molar-refractivity contribution in [1.82, 2.24) is 0 Å². The van der Waals surface area contributed by atoms with Crippen molar-refractivity contribution in [3.8, 4) is 0 Å². The number of fused-ring (bicyclic) bond motifs is 2. The Hall–Kier alpha value is -2.29. The Balaban J connectivity index is 1.64. The number of carbonyl (C=O) groups excluding carboxylic acids is 1. The van der Waals surface area contributed by atoms with Crippen LogP contribution >= 0.6 is 0 Å². The molecule has 0 radical (unpaired) electrons. The van der Waals surface area contributed by atoms with Gasteiger partial charge in [0, 0.05) is 12.6 Å². The lowest BCUT2D eigenvalue weighted by atomic mass is 10.0. The summed E-state index contributed by atoms with van der Waals surface area (Å²) >= 11 is 0. The number of anilines is 2. The van der Waals surface area contributed by atoms with E-state index in [0.29, 0.717) is 11.9 Å². The standard InChI is InChI=1S/C20H22N2O/c23-20-16-9-6-11-17(16)21-18-10-4-5-12-19(18)22(20)14-13-15-7-2-1-3-8-15/h1-5,7-8,10,12,16-17,21H,6,9,11,13-14H2/t16-,17+/m0/s1. The van der Waals surface area contributed by atoms with Crippen LogP contribution < -0.4 is 10.2 Å². The Kier molecular flexibility index (Phi) is 3.78. The third-order valence-electron chi connectivity index (χ3n) is 5.10. The molecule has 0 spiro atoms. The Morgan fingerprint density at radius 2 is 1.78 bits per heavy atom. The van der Waals surface area contributed by atoms with Gasteiger partial charge in [0.1, 0.15) is 0 Å². The molecule has 23 heavy (non-hydrogen) atoms. The number of para-hydroxylation sites is 2. The van der Waals surface area contributed by atoms with E-state index < -0.39 is 0 Å². The molecule has 3 nitrogen and oxygen atoms in total. The van der Waals surface area contributed by atoms with Crippen LogP contribution in [0.15, 0.2) is 54.6 Å². The Labute approximate surface area is 137 Å². The highest BCUT2D eigenvalue weighted by atomic mass is 16.2. The number of nitrogens with zero attached hydrogens (tertiary/aromatic N) is 1. The van der Waals surface area contributed by atoms with Gasteiger partial charge in [-0.3, -0.25) is 4.79 Å². The third kappa shape index (κ3) is 2.72. The van der Waals surface area contributed by atoms with E-state index in [0.717, 1.165) is 43.6 Å². The van der Waals surface area contributed by atoms with E-state index in [1.807, 2.05) is 23.1 Å². The summed E-state index contributed by atoms with van der Waals surface area (Å²) in [4.78, 5) is 15.1. The monoisotopic (exact) mass is 306 g/mol. The van der Waals surface area contributed by atoms with Gasteiger partial charge in [0.2, 0.25) is 5.91 Å². The topological polar surface area (TPSA) is 32.3 Å². The van der Waals surface area contributed by atoms with Gasteiger partial charge < -0.3 is 10.2 Å². The fourth-order valence-electron chi connectivity index (χ4n) is 3.89. The first-order valence-corrected chi connectivity index (χ1v) is 8.54. The number of hydrogen-bond donors (Lipinski definition) is 1. The third-order valence-corrected chi connectivity index (χ3v) is 5.10. The molecule has 2 aliphatic rings. The Morgan fingerprint density at radius 3 is 2.65 bits per heavy atom. The largest absolute Gasteiger partial charge is 0.380 e. The Bertz CT molecular complexity index is 698. The van der Waals surface area contributed by atoms with Crippen LogP contribution in [-0.4, -0.2) is 18.5 Å². The lowest BCUT2D eigenvalue weighted by Gasteiger charge is -2.25. The van der Waals surface area contributed by atoms with E-state index in [1.165, 1.54) is 5.56 Å². The minimum atomic E-state index is 0.123. The van der Waals surface area contributed by atoms with Crippen LogP contribution in [-0.2, 0) is 11.2 Å². The average molecular weight is 306 g/mol. The second kappa shape index (κ2) is 6.07.